The number of aromatic nitrogens is 4. The first kappa shape index (κ1) is 16.2. The van der Waals surface area contributed by atoms with Crippen LogP contribution in [0.15, 0.2) is 34.9 Å². The lowest BCUT2D eigenvalue weighted by Gasteiger charge is -2.02. The minimum Gasteiger partial charge on any atom is -0.497 e. The molecule has 2 aromatic heterocycles. The van der Waals surface area contributed by atoms with Crippen LogP contribution in [0.25, 0.3) is 11.5 Å². The molecule has 0 atom stereocenters. The highest BCUT2D eigenvalue weighted by atomic mass is 16.5. The Morgan fingerprint density at radius 1 is 1.24 bits per heavy atom. The minimum absolute atomic E-state index is 0.128. The van der Waals surface area contributed by atoms with E-state index in [0.29, 0.717) is 11.3 Å². The maximum Gasteiger partial charge on any atom is 0.339 e. The number of aryl methyl sites for hydroxylation is 1. The molecule has 128 valence electrons. The van der Waals surface area contributed by atoms with Gasteiger partial charge in [-0.1, -0.05) is 5.10 Å². The Balaban J connectivity index is 1.80. The summed E-state index contributed by atoms with van der Waals surface area (Å²) in [7, 11) is 3.01. The maximum atomic E-state index is 12.3. The van der Waals surface area contributed by atoms with E-state index in [9.17, 15) is 9.59 Å². The van der Waals surface area contributed by atoms with Gasteiger partial charge >= 0.3 is 12.0 Å². The van der Waals surface area contributed by atoms with Crippen molar-refractivity contribution in [2.45, 2.75) is 0 Å². The molecule has 0 radical (unpaired) electrons. The van der Waals surface area contributed by atoms with Gasteiger partial charge in [-0.05, 0) is 24.3 Å². The molecule has 3 aromatic rings. The Hall–Kier alpha value is -3.69. The summed E-state index contributed by atoms with van der Waals surface area (Å²) in [6.45, 7) is 0. The molecule has 0 bridgehead atoms. The van der Waals surface area contributed by atoms with Gasteiger partial charge in [-0.2, -0.15) is 5.10 Å². The number of hydrogen-bond acceptors (Lipinski definition) is 7. The lowest BCUT2D eigenvalue weighted by molar-refractivity contribution is 0.0692. The van der Waals surface area contributed by atoms with Gasteiger partial charge in [-0.15, -0.1) is 5.10 Å². The van der Waals surface area contributed by atoms with Crippen LogP contribution in [0.2, 0.25) is 0 Å². The van der Waals surface area contributed by atoms with E-state index in [1.807, 2.05) is 0 Å². The van der Waals surface area contributed by atoms with Crippen molar-refractivity contribution in [1.82, 2.24) is 20.0 Å². The SMILES string of the molecule is COc1ccc(-c2nnc(NC(=O)c3c(C(=O)O)cnn3C)o2)cc1. The lowest BCUT2D eigenvalue weighted by atomic mass is 10.2. The molecule has 0 saturated carbocycles. The van der Waals surface area contributed by atoms with E-state index < -0.39 is 11.9 Å². The van der Waals surface area contributed by atoms with Gasteiger partial charge in [0.25, 0.3) is 5.91 Å². The Bertz CT molecular complexity index is 928. The predicted octanol–water partition coefficient (Wildman–Crippen LogP) is 1.43. The highest BCUT2D eigenvalue weighted by Crippen LogP contribution is 2.22. The second-order valence-corrected chi connectivity index (χ2v) is 4.93. The number of amides is 1. The second-order valence-electron chi connectivity index (χ2n) is 4.93. The largest absolute Gasteiger partial charge is 0.497 e. The van der Waals surface area contributed by atoms with Crippen molar-refractivity contribution in [1.29, 1.82) is 0 Å². The number of nitrogens with one attached hydrogen (secondary N) is 1. The molecule has 25 heavy (non-hydrogen) atoms. The number of anilines is 1. The summed E-state index contributed by atoms with van der Waals surface area (Å²) in [5, 5.41) is 22.8. The normalized spacial score (nSPS) is 10.5. The number of ether oxygens (including phenoxy) is 1. The molecule has 1 amide bonds. The lowest BCUT2D eigenvalue weighted by Crippen LogP contribution is -2.19. The highest BCUT2D eigenvalue weighted by Gasteiger charge is 2.23. The molecule has 0 unspecified atom stereocenters. The molecule has 2 heterocycles. The van der Waals surface area contributed by atoms with E-state index in [1.165, 1.54) is 7.05 Å². The monoisotopic (exact) mass is 343 g/mol. The first-order valence-electron chi connectivity index (χ1n) is 7.04. The molecular weight excluding hydrogens is 330 g/mol. The van der Waals surface area contributed by atoms with Gasteiger partial charge in [0.15, 0.2) is 0 Å². The van der Waals surface area contributed by atoms with Gasteiger partial charge < -0.3 is 14.3 Å². The first-order chi connectivity index (χ1) is 12.0. The van der Waals surface area contributed by atoms with Gasteiger partial charge in [0, 0.05) is 12.6 Å². The molecule has 0 aliphatic heterocycles. The van der Waals surface area contributed by atoms with Crippen molar-refractivity contribution in [3.05, 3.63) is 41.7 Å². The van der Waals surface area contributed by atoms with Crippen molar-refractivity contribution in [2.75, 3.05) is 12.4 Å². The smallest absolute Gasteiger partial charge is 0.339 e. The predicted molar refractivity (Wildman–Crippen MR) is 84.4 cm³/mol. The van der Waals surface area contributed by atoms with Gasteiger partial charge in [0.1, 0.15) is 17.0 Å². The Morgan fingerprint density at radius 2 is 1.96 bits per heavy atom. The fourth-order valence-corrected chi connectivity index (χ4v) is 2.14. The number of carbonyl (C=O) groups is 2. The molecular formula is C15H13N5O5. The molecule has 0 aliphatic carbocycles. The molecule has 3 rings (SSSR count). The van der Waals surface area contributed by atoms with Crippen LogP contribution in [-0.4, -0.2) is 44.1 Å². The van der Waals surface area contributed by atoms with Gasteiger partial charge in [-0.25, -0.2) is 4.79 Å². The Labute approximate surface area is 141 Å². The van der Waals surface area contributed by atoms with Gasteiger partial charge in [0.2, 0.25) is 5.89 Å². The van der Waals surface area contributed by atoms with Crippen molar-refractivity contribution in [3.63, 3.8) is 0 Å². The standard InChI is InChI=1S/C15H13N5O5/c1-20-11(10(7-16-20)14(22)23)12(21)17-15-19-18-13(25-15)8-3-5-9(24-2)6-4-8/h3-7H,1-2H3,(H,22,23)(H,17,19,21). The summed E-state index contributed by atoms with van der Waals surface area (Å²) in [6, 6.07) is 6.75. The van der Waals surface area contributed by atoms with E-state index in [4.69, 9.17) is 14.3 Å². The van der Waals surface area contributed by atoms with E-state index in [-0.39, 0.29) is 23.2 Å². The summed E-state index contributed by atoms with van der Waals surface area (Å²) < 4.78 is 11.6. The fraction of sp³-hybridized carbons (Fsp3) is 0.133. The molecule has 0 spiro atoms. The molecule has 1 aromatic carbocycles. The summed E-state index contributed by atoms with van der Waals surface area (Å²) in [4.78, 5) is 23.4. The van der Waals surface area contributed by atoms with Crippen molar-refractivity contribution < 1.29 is 23.8 Å². The third-order valence-electron chi connectivity index (χ3n) is 3.37. The van der Waals surface area contributed by atoms with Crippen molar-refractivity contribution in [2.24, 2.45) is 7.05 Å². The number of aromatic carboxylic acids is 1. The maximum absolute atomic E-state index is 12.3. The van der Waals surface area contributed by atoms with E-state index in [0.717, 1.165) is 10.9 Å². The number of carboxylic acids is 1. The summed E-state index contributed by atoms with van der Waals surface area (Å²) in [5.74, 6) is -1.11. The first-order valence-corrected chi connectivity index (χ1v) is 7.04. The molecule has 0 saturated heterocycles. The topological polar surface area (TPSA) is 132 Å². The number of nitrogens with zero attached hydrogens (tertiary/aromatic N) is 4. The van der Waals surface area contributed by atoms with Crippen molar-refractivity contribution >= 4 is 17.9 Å². The third-order valence-corrected chi connectivity index (χ3v) is 3.37. The summed E-state index contributed by atoms with van der Waals surface area (Å²) in [5.41, 5.74) is 0.284. The Kier molecular flexibility index (Phi) is 4.16. The number of rotatable bonds is 5. The Morgan fingerprint density at radius 3 is 2.60 bits per heavy atom. The van der Waals surface area contributed by atoms with Crippen LogP contribution in [0.5, 0.6) is 5.75 Å². The number of carbonyl (C=O) groups excluding carboxylic acids is 1. The second kappa shape index (κ2) is 6.43. The van der Waals surface area contributed by atoms with E-state index >= 15 is 0 Å². The quantitative estimate of drug-likeness (QED) is 0.711. The summed E-state index contributed by atoms with van der Waals surface area (Å²) >= 11 is 0. The molecule has 0 fully saturated rings. The molecule has 10 nitrogen and oxygen atoms in total. The zero-order valence-electron chi connectivity index (χ0n) is 13.3. The van der Waals surface area contributed by atoms with Crippen LogP contribution in [0.3, 0.4) is 0 Å². The molecule has 2 N–H and O–H groups in total. The number of hydrogen-bond donors (Lipinski definition) is 2. The van der Waals surface area contributed by atoms with Crippen LogP contribution >= 0.6 is 0 Å². The van der Waals surface area contributed by atoms with Crippen LogP contribution < -0.4 is 10.1 Å². The van der Waals surface area contributed by atoms with Crippen LogP contribution in [-0.2, 0) is 7.05 Å². The van der Waals surface area contributed by atoms with Crippen LogP contribution in [0, 0.1) is 0 Å². The molecule has 10 heteroatoms. The minimum atomic E-state index is -1.26. The highest BCUT2D eigenvalue weighted by molar-refractivity contribution is 6.08. The number of carboxylic acid groups (broad SMARTS) is 1. The van der Waals surface area contributed by atoms with Crippen molar-refractivity contribution in [3.8, 4) is 17.2 Å². The fourth-order valence-electron chi connectivity index (χ4n) is 2.14. The average molecular weight is 343 g/mol. The number of benzene rings is 1. The average Bonchev–Trinajstić information content (AvgIpc) is 3.21. The summed E-state index contributed by atoms with van der Waals surface area (Å²) in [6.07, 6.45) is 1.09. The van der Waals surface area contributed by atoms with Crippen LogP contribution in [0.1, 0.15) is 20.8 Å². The van der Waals surface area contributed by atoms with Gasteiger partial charge in [-0.3, -0.25) is 14.8 Å². The van der Waals surface area contributed by atoms with Crippen LogP contribution in [0.4, 0.5) is 6.01 Å². The number of methoxy groups -OCH3 is 1. The zero-order valence-corrected chi connectivity index (χ0v) is 13.3. The zero-order chi connectivity index (χ0) is 18.0. The van der Waals surface area contributed by atoms with Gasteiger partial charge in [0.05, 0.1) is 13.3 Å². The van der Waals surface area contributed by atoms with E-state index in [1.54, 1.807) is 31.4 Å². The third kappa shape index (κ3) is 3.17. The van der Waals surface area contributed by atoms with E-state index in [2.05, 4.69) is 20.6 Å². The molecule has 0 aliphatic rings.